The van der Waals surface area contributed by atoms with Gasteiger partial charge in [0.15, 0.2) is 0 Å². The van der Waals surface area contributed by atoms with Gasteiger partial charge in [0.05, 0.1) is 19.9 Å². The van der Waals surface area contributed by atoms with Crippen LogP contribution in [0.2, 0.25) is 0 Å². The fourth-order valence-corrected chi connectivity index (χ4v) is 2.61. The van der Waals surface area contributed by atoms with E-state index in [9.17, 15) is 4.79 Å². The largest absolute Gasteiger partial charge is 0.497 e. The molecule has 1 amide bonds. The number of nitrogens with one attached hydrogen (secondary N) is 2. The van der Waals surface area contributed by atoms with Crippen LogP contribution in [-0.4, -0.2) is 29.5 Å². The Bertz CT molecular complexity index is 894. The Morgan fingerprint density at radius 1 is 1.19 bits per heavy atom. The molecule has 3 rings (SSSR count). The number of nitrogens with zero attached hydrogens (tertiary/aromatic N) is 2. The van der Waals surface area contributed by atoms with Crippen molar-refractivity contribution in [2.45, 2.75) is 19.9 Å². The molecule has 2 N–H and O–H groups in total. The van der Waals surface area contributed by atoms with Crippen LogP contribution in [0.3, 0.4) is 0 Å². The van der Waals surface area contributed by atoms with Gasteiger partial charge in [-0.2, -0.15) is 0 Å². The molecule has 3 aromatic rings. The number of benzene rings is 1. The third-order valence-corrected chi connectivity index (χ3v) is 3.93. The SMILES string of the molecule is COc1cccc(CCNc2cc(C(=O)NCc3ccco3)nc(C)n2)c1. The summed E-state index contributed by atoms with van der Waals surface area (Å²) in [5.41, 5.74) is 1.47. The third-order valence-electron chi connectivity index (χ3n) is 3.93. The van der Waals surface area contributed by atoms with Crippen molar-refractivity contribution in [2.24, 2.45) is 0 Å². The van der Waals surface area contributed by atoms with Crippen molar-refractivity contribution < 1.29 is 13.9 Å². The van der Waals surface area contributed by atoms with Crippen LogP contribution in [0.4, 0.5) is 5.82 Å². The van der Waals surface area contributed by atoms with Gasteiger partial charge in [-0.05, 0) is 43.2 Å². The van der Waals surface area contributed by atoms with Crippen LogP contribution in [0.5, 0.6) is 5.75 Å². The molecule has 0 aliphatic heterocycles. The summed E-state index contributed by atoms with van der Waals surface area (Å²) >= 11 is 0. The predicted octanol–water partition coefficient (Wildman–Crippen LogP) is 2.97. The van der Waals surface area contributed by atoms with E-state index in [4.69, 9.17) is 9.15 Å². The molecule has 7 heteroatoms. The maximum Gasteiger partial charge on any atom is 0.270 e. The van der Waals surface area contributed by atoms with Gasteiger partial charge in [-0.25, -0.2) is 9.97 Å². The lowest BCUT2D eigenvalue weighted by Crippen LogP contribution is -2.24. The summed E-state index contributed by atoms with van der Waals surface area (Å²) in [4.78, 5) is 20.9. The van der Waals surface area contributed by atoms with Crippen molar-refractivity contribution in [1.29, 1.82) is 0 Å². The second-order valence-corrected chi connectivity index (χ2v) is 5.98. The zero-order chi connectivity index (χ0) is 19.1. The van der Waals surface area contributed by atoms with Crippen LogP contribution in [0.25, 0.3) is 0 Å². The molecule has 1 aromatic carbocycles. The molecule has 27 heavy (non-hydrogen) atoms. The molecule has 0 bridgehead atoms. The topological polar surface area (TPSA) is 89.3 Å². The molecule has 7 nitrogen and oxygen atoms in total. The second kappa shape index (κ2) is 8.84. The Kier molecular flexibility index (Phi) is 6.04. The minimum Gasteiger partial charge on any atom is -0.497 e. The number of rotatable bonds is 8. The molecule has 0 saturated carbocycles. The monoisotopic (exact) mass is 366 g/mol. The van der Waals surface area contributed by atoms with Gasteiger partial charge < -0.3 is 19.8 Å². The summed E-state index contributed by atoms with van der Waals surface area (Å²) < 4.78 is 10.4. The van der Waals surface area contributed by atoms with Crippen LogP contribution in [-0.2, 0) is 13.0 Å². The van der Waals surface area contributed by atoms with E-state index >= 15 is 0 Å². The van der Waals surface area contributed by atoms with Gasteiger partial charge >= 0.3 is 0 Å². The molecule has 0 aliphatic rings. The number of furan rings is 1. The van der Waals surface area contributed by atoms with Gasteiger partial charge in [0.1, 0.15) is 28.8 Å². The standard InChI is InChI=1S/C20H22N4O3/c1-14-23-18(20(25)22-13-17-7-4-10-27-17)12-19(24-14)21-9-8-15-5-3-6-16(11-15)26-2/h3-7,10-12H,8-9,13H2,1-2H3,(H,22,25)(H,21,23,24). The Morgan fingerprint density at radius 3 is 2.85 bits per heavy atom. The Balaban J connectivity index is 1.58. The maximum absolute atomic E-state index is 12.3. The quantitative estimate of drug-likeness (QED) is 0.637. The number of aryl methyl sites for hydroxylation is 1. The molecular formula is C20H22N4O3. The van der Waals surface area contributed by atoms with Crippen molar-refractivity contribution in [2.75, 3.05) is 19.0 Å². The zero-order valence-electron chi connectivity index (χ0n) is 15.4. The average molecular weight is 366 g/mol. The van der Waals surface area contributed by atoms with E-state index in [0.717, 1.165) is 17.7 Å². The first-order valence-electron chi connectivity index (χ1n) is 8.67. The smallest absolute Gasteiger partial charge is 0.270 e. The number of aromatic nitrogens is 2. The highest BCUT2D eigenvalue weighted by Gasteiger charge is 2.11. The minimum absolute atomic E-state index is 0.271. The van der Waals surface area contributed by atoms with E-state index in [1.807, 2.05) is 24.3 Å². The van der Waals surface area contributed by atoms with Gasteiger partial charge in [0.25, 0.3) is 5.91 Å². The number of carbonyl (C=O) groups is 1. The van der Waals surface area contributed by atoms with Crippen LogP contribution >= 0.6 is 0 Å². The van der Waals surface area contributed by atoms with E-state index in [2.05, 4.69) is 20.6 Å². The van der Waals surface area contributed by atoms with E-state index in [-0.39, 0.29) is 5.91 Å². The number of hydrogen-bond donors (Lipinski definition) is 2. The first-order valence-corrected chi connectivity index (χ1v) is 8.67. The fourth-order valence-electron chi connectivity index (χ4n) is 2.61. The summed E-state index contributed by atoms with van der Waals surface area (Å²) in [7, 11) is 1.65. The van der Waals surface area contributed by atoms with Gasteiger partial charge in [0.2, 0.25) is 0 Å². The first kappa shape index (κ1) is 18.4. The number of anilines is 1. The van der Waals surface area contributed by atoms with Crippen LogP contribution in [0.1, 0.15) is 27.6 Å². The Labute approximate surface area is 157 Å². The molecule has 0 aliphatic carbocycles. The van der Waals surface area contributed by atoms with Gasteiger partial charge in [-0.1, -0.05) is 12.1 Å². The highest BCUT2D eigenvalue weighted by Crippen LogP contribution is 2.13. The predicted molar refractivity (Wildman–Crippen MR) is 102 cm³/mol. The minimum atomic E-state index is -0.271. The van der Waals surface area contributed by atoms with Gasteiger partial charge in [-0.3, -0.25) is 4.79 Å². The highest BCUT2D eigenvalue weighted by molar-refractivity contribution is 5.92. The summed E-state index contributed by atoms with van der Waals surface area (Å²) in [6, 6.07) is 13.2. The van der Waals surface area contributed by atoms with Crippen molar-refractivity contribution in [1.82, 2.24) is 15.3 Å². The van der Waals surface area contributed by atoms with E-state index in [1.54, 1.807) is 38.5 Å². The fraction of sp³-hybridized carbons (Fsp3) is 0.250. The highest BCUT2D eigenvalue weighted by atomic mass is 16.5. The molecule has 140 valence electrons. The first-order chi connectivity index (χ1) is 13.1. The van der Waals surface area contributed by atoms with Gasteiger partial charge in [0, 0.05) is 12.6 Å². The average Bonchev–Trinajstić information content (AvgIpc) is 3.19. The molecule has 0 fully saturated rings. The van der Waals surface area contributed by atoms with Crippen molar-refractivity contribution in [3.05, 3.63) is 71.6 Å². The van der Waals surface area contributed by atoms with Crippen molar-refractivity contribution in [3.8, 4) is 5.75 Å². The summed E-state index contributed by atoms with van der Waals surface area (Å²) in [5, 5.41) is 6.03. The number of ether oxygens (including phenoxy) is 1. The summed E-state index contributed by atoms with van der Waals surface area (Å²) in [6.07, 6.45) is 2.38. The number of methoxy groups -OCH3 is 1. The van der Waals surface area contributed by atoms with E-state index < -0.39 is 0 Å². The van der Waals surface area contributed by atoms with Crippen LogP contribution < -0.4 is 15.4 Å². The second-order valence-electron chi connectivity index (χ2n) is 5.98. The normalized spacial score (nSPS) is 10.4. The zero-order valence-corrected chi connectivity index (χ0v) is 15.4. The lowest BCUT2D eigenvalue weighted by molar-refractivity contribution is 0.0942. The molecule has 0 spiro atoms. The van der Waals surface area contributed by atoms with Crippen LogP contribution in [0.15, 0.2) is 53.1 Å². The van der Waals surface area contributed by atoms with Crippen molar-refractivity contribution in [3.63, 3.8) is 0 Å². The van der Waals surface area contributed by atoms with E-state index in [1.165, 1.54) is 0 Å². The molecule has 0 unspecified atom stereocenters. The lowest BCUT2D eigenvalue weighted by atomic mass is 10.1. The van der Waals surface area contributed by atoms with E-state index in [0.29, 0.717) is 36.2 Å². The number of amides is 1. The Hall–Kier alpha value is -3.35. The van der Waals surface area contributed by atoms with Crippen molar-refractivity contribution >= 4 is 11.7 Å². The maximum atomic E-state index is 12.3. The molecule has 2 heterocycles. The third kappa shape index (κ3) is 5.31. The van der Waals surface area contributed by atoms with Crippen LogP contribution in [0, 0.1) is 6.92 Å². The number of carbonyl (C=O) groups excluding carboxylic acids is 1. The van der Waals surface area contributed by atoms with Gasteiger partial charge in [-0.15, -0.1) is 0 Å². The number of hydrogen-bond acceptors (Lipinski definition) is 6. The molecule has 2 aromatic heterocycles. The molecule has 0 radical (unpaired) electrons. The molecular weight excluding hydrogens is 344 g/mol. The molecule has 0 saturated heterocycles. The lowest BCUT2D eigenvalue weighted by Gasteiger charge is -2.09. The summed E-state index contributed by atoms with van der Waals surface area (Å²) in [6.45, 7) is 2.75. The molecule has 0 atom stereocenters. The summed E-state index contributed by atoms with van der Waals surface area (Å²) in [5.74, 6) is 2.40. The Morgan fingerprint density at radius 2 is 2.07 bits per heavy atom.